The number of fused-ring (bicyclic) bond motifs is 1. The van der Waals surface area contributed by atoms with E-state index in [0.717, 1.165) is 0 Å². The molecule has 1 heterocycles. The van der Waals surface area contributed by atoms with E-state index in [2.05, 4.69) is 9.72 Å². The van der Waals surface area contributed by atoms with Crippen LogP contribution in [0, 0.1) is 0 Å². The molecule has 1 aromatic heterocycles. The van der Waals surface area contributed by atoms with Gasteiger partial charge < -0.3 is 13.9 Å². The fourth-order valence-corrected chi connectivity index (χ4v) is 1.99. The molecule has 0 atom stereocenters. The van der Waals surface area contributed by atoms with Gasteiger partial charge in [-0.15, -0.1) is 0 Å². The summed E-state index contributed by atoms with van der Waals surface area (Å²) in [6.45, 7) is -3.12. The number of carbonyl (C=O) groups is 1. The predicted molar refractivity (Wildman–Crippen MR) is 76.2 cm³/mol. The molecule has 0 aliphatic carbocycles. The van der Waals surface area contributed by atoms with E-state index >= 15 is 0 Å². The van der Waals surface area contributed by atoms with Crippen LogP contribution in [0.25, 0.3) is 11.1 Å². The lowest BCUT2D eigenvalue weighted by molar-refractivity contribution is -0.0499. The Morgan fingerprint density at radius 1 is 1.17 bits per heavy atom. The van der Waals surface area contributed by atoms with Gasteiger partial charge in [-0.3, -0.25) is 0 Å². The van der Waals surface area contributed by atoms with E-state index in [1.54, 1.807) is 18.2 Å². The molecule has 3 aromatic rings. The molecule has 118 valence electrons. The number of ether oxygens (including phenoxy) is 2. The third-order valence-corrected chi connectivity index (χ3v) is 2.96. The summed E-state index contributed by atoms with van der Waals surface area (Å²) in [6.07, 6.45) is 0. The van der Waals surface area contributed by atoms with Crippen LogP contribution in [0.3, 0.4) is 0 Å². The van der Waals surface area contributed by atoms with Gasteiger partial charge in [0, 0.05) is 0 Å². The molecule has 0 spiro atoms. The number of aromatic nitrogens is 1. The van der Waals surface area contributed by atoms with Gasteiger partial charge in [-0.1, -0.05) is 18.2 Å². The summed E-state index contributed by atoms with van der Waals surface area (Å²) in [6, 6.07) is 12.5. The number of hydrogen-bond donors (Lipinski definition) is 0. The summed E-state index contributed by atoms with van der Waals surface area (Å²) in [5.74, 6) is -0.553. The van der Waals surface area contributed by atoms with Crippen LogP contribution in [0.1, 0.15) is 16.2 Å². The molecule has 2 aromatic carbocycles. The number of alkyl halides is 2. The van der Waals surface area contributed by atoms with E-state index in [1.165, 1.54) is 24.3 Å². The lowest BCUT2D eigenvalue weighted by Gasteiger charge is -2.06. The van der Waals surface area contributed by atoms with Crippen molar-refractivity contribution in [2.45, 2.75) is 13.2 Å². The third-order valence-electron chi connectivity index (χ3n) is 2.96. The monoisotopic (exact) mass is 319 g/mol. The molecule has 0 aliphatic rings. The Bertz CT molecular complexity index is 799. The second-order valence-corrected chi connectivity index (χ2v) is 4.56. The van der Waals surface area contributed by atoms with Gasteiger partial charge in [-0.2, -0.15) is 8.78 Å². The predicted octanol–water partition coefficient (Wildman–Crippen LogP) is 3.79. The largest absolute Gasteiger partial charge is 0.452 e. The number of halogens is 2. The molecule has 0 unspecified atom stereocenters. The van der Waals surface area contributed by atoms with E-state index in [1.807, 2.05) is 6.07 Å². The van der Waals surface area contributed by atoms with Crippen LogP contribution < -0.4 is 4.74 Å². The van der Waals surface area contributed by atoms with Crippen molar-refractivity contribution < 1.29 is 27.5 Å². The van der Waals surface area contributed by atoms with Crippen LogP contribution in [-0.4, -0.2) is 17.6 Å². The Morgan fingerprint density at radius 2 is 2.00 bits per heavy atom. The molecule has 0 amide bonds. The average molecular weight is 319 g/mol. The van der Waals surface area contributed by atoms with E-state index in [-0.39, 0.29) is 23.8 Å². The van der Waals surface area contributed by atoms with Crippen LogP contribution in [0.2, 0.25) is 0 Å². The van der Waals surface area contributed by atoms with Gasteiger partial charge in [0.15, 0.2) is 12.2 Å². The number of carbonyl (C=O) groups excluding carboxylic acids is 1. The van der Waals surface area contributed by atoms with Crippen LogP contribution in [0.5, 0.6) is 5.75 Å². The number of para-hydroxylation sites is 2. The van der Waals surface area contributed by atoms with Crippen LogP contribution >= 0.6 is 0 Å². The number of nitrogens with zero attached hydrogens (tertiary/aromatic N) is 1. The van der Waals surface area contributed by atoms with Crippen LogP contribution in [0.15, 0.2) is 52.9 Å². The van der Waals surface area contributed by atoms with E-state index in [4.69, 9.17) is 9.15 Å². The molecule has 0 aliphatic heterocycles. The van der Waals surface area contributed by atoms with Crippen molar-refractivity contribution in [3.63, 3.8) is 0 Å². The number of hydrogen-bond acceptors (Lipinski definition) is 5. The second-order valence-electron chi connectivity index (χ2n) is 4.56. The van der Waals surface area contributed by atoms with Crippen molar-refractivity contribution in [2.75, 3.05) is 0 Å². The standard InChI is InChI=1S/C16H11F2NO4/c17-16(18)22-11-5-3-4-10(8-11)15(20)21-9-14-19-12-6-1-2-7-13(12)23-14/h1-8,16H,9H2. The maximum atomic E-state index is 12.2. The summed E-state index contributed by atoms with van der Waals surface area (Å²) in [7, 11) is 0. The molecule has 0 bridgehead atoms. The maximum absolute atomic E-state index is 12.2. The highest BCUT2D eigenvalue weighted by Gasteiger charge is 2.13. The van der Waals surface area contributed by atoms with Crippen molar-refractivity contribution in [1.82, 2.24) is 4.98 Å². The second kappa shape index (κ2) is 6.43. The molecular weight excluding hydrogens is 308 g/mol. The number of benzene rings is 2. The normalized spacial score (nSPS) is 10.9. The first-order chi connectivity index (χ1) is 11.1. The van der Waals surface area contributed by atoms with Gasteiger partial charge in [0.1, 0.15) is 11.3 Å². The molecular formula is C16H11F2NO4. The highest BCUT2D eigenvalue weighted by molar-refractivity contribution is 5.89. The van der Waals surface area contributed by atoms with E-state index < -0.39 is 12.6 Å². The van der Waals surface area contributed by atoms with Crippen molar-refractivity contribution in [3.8, 4) is 5.75 Å². The number of oxazole rings is 1. The van der Waals surface area contributed by atoms with Crippen LogP contribution in [0.4, 0.5) is 8.78 Å². The first kappa shape index (κ1) is 15.0. The molecule has 0 fully saturated rings. The third kappa shape index (κ3) is 3.63. The van der Waals surface area contributed by atoms with Gasteiger partial charge in [-0.25, -0.2) is 9.78 Å². The topological polar surface area (TPSA) is 61.6 Å². The summed E-state index contributed by atoms with van der Waals surface area (Å²) in [5.41, 5.74) is 1.34. The maximum Gasteiger partial charge on any atom is 0.387 e. The minimum absolute atomic E-state index is 0.0965. The van der Waals surface area contributed by atoms with Crippen molar-refractivity contribution >= 4 is 17.1 Å². The zero-order valence-corrected chi connectivity index (χ0v) is 11.7. The smallest absolute Gasteiger partial charge is 0.387 e. The quantitative estimate of drug-likeness (QED) is 0.670. The SMILES string of the molecule is O=C(OCc1nc2ccccc2o1)c1cccc(OC(F)F)c1. The zero-order chi connectivity index (χ0) is 16.2. The van der Waals surface area contributed by atoms with Crippen molar-refractivity contribution in [3.05, 3.63) is 60.0 Å². The minimum atomic E-state index is -2.96. The highest BCUT2D eigenvalue weighted by atomic mass is 19.3. The Kier molecular flexibility index (Phi) is 4.18. The number of rotatable bonds is 5. The zero-order valence-electron chi connectivity index (χ0n) is 11.7. The lowest BCUT2D eigenvalue weighted by Crippen LogP contribution is -2.07. The Morgan fingerprint density at radius 3 is 2.78 bits per heavy atom. The van der Waals surface area contributed by atoms with Crippen LogP contribution in [-0.2, 0) is 11.3 Å². The summed E-state index contributed by atoms with van der Waals surface area (Å²) < 4.78 is 39.0. The number of esters is 1. The first-order valence-electron chi connectivity index (χ1n) is 6.68. The molecule has 0 N–H and O–H groups in total. The molecule has 7 heteroatoms. The summed E-state index contributed by atoms with van der Waals surface area (Å²) in [5, 5.41) is 0. The Hall–Kier alpha value is -2.96. The molecule has 5 nitrogen and oxygen atoms in total. The van der Waals surface area contributed by atoms with E-state index in [0.29, 0.717) is 11.1 Å². The minimum Gasteiger partial charge on any atom is -0.452 e. The molecule has 0 radical (unpaired) electrons. The van der Waals surface area contributed by atoms with Gasteiger partial charge in [-0.05, 0) is 30.3 Å². The van der Waals surface area contributed by atoms with E-state index in [9.17, 15) is 13.6 Å². The molecule has 3 rings (SSSR count). The van der Waals surface area contributed by atoms with Gasteiger partial charge in [0.2, 0.25) is 5.89 Å². The fraction of sp³-hybridized carbons (Fsp3) is 0.125. The van der Waals surface area contributed by atoms with Crippen molar-refractivity contribution in [2.24, 2.45) is 0 Å². The van der Waals surface area contributed by atoms with Gasteiger partial charge >= 0.3 is 12.6 Å². The Balaban J connectivity index is 1.67. The highest BCUT2D eigenvalue weighted by Crippen LogP contribution is 2.18. The average Bonchev–Trinajstić information content (AvgIpc) is 2.95. The summed E-state index contributed by atoms with van der Waals surface area (Å²) >= 11 is 0. The Labute approximate surface area is 129 Å². The van der Waals surface area contributed by atoms with Gasteiger partial charge in [0.25, 0.3) is 0 Å². The first-order valence-corrected chi connectivity index (χ1v) is 6.68. The molecule has 0 saturated carbocycles. The fourth-order valence-electron chi connectivity index (χ4n) is 1.99. The molecule has 0 saturated heterocycles. The van der Waals surface area contributed by atoms with Crippen molar-refractivity contribution in [1.29, 1.82) is 0 Å². The molecule has 23 heavy (non-hydrogen) atoms. The lowest BCUT2D eigenvalue weighted by atomic mass is 10.2. The van der Waals surface area contributed by atoms with Gasteiger partial charge in [0.05, 0.1) is 5.56 Å². The summed E-state index contributed by atoms with van der Waals surface area (Å²) in [4.78, 5) is 16.1.